The molecule has 1 aliphatic heterocycles. The van der Waals surface area contributed by atoms with Gasteiger partial charge in [-0.1, -0.05) is 18.2 Å². The van der Waals surface area contributed by atoms with E-state index in [0.717, 1.165) is 42.3 Å². The zero-order valence-electron chi connectivity index (χ0n) is 14.2. The van der Waals surface area contributed by atoms with E-state index in [9.17, 15) is 4.39 Å². The average Bonchev–Trinajstić information content (AvgIpc) is 2.80. The molecule has 0 amide bonds. The Kier molecular flexibility index (Phi) is 4.20. The third-order valence-corrected chi connectivity index (χ3v) is 4.60. The lowest BCUT2D eigenvalue weighted by molar-refractivity contribution is 0.343. The smallest absolute Gasteiger partial charge is 0.125 e. The summed E-state index contributed by atoms with van der Waals surface area (Å²) in [5.74, 6) is -0.207. The van der Waals surface area contributed by atoms with Gasteiger partial charge in [-0.2, -0.15) is 0 Å². The van der Waals surface area contributed by atoms with Crippen molar-refractivity contribution in [1.82, 2.24) is 9.88 Å². The molecule has 0 unspecified atom stereocenters. The maximum atomic E-state index is 13.7. The molecule has 126 valence electrons. The van der Waals surface area contributed by atoms with E-state index in [0.29, 0.717) is 0 Å². The van der Waals surface area contributed by atoms with E-state index in [2.05, 4.69) is 40.0 Å². The molecular weight excluding hydrogens is 313 g/mol. The van der Waals surface area contributed by atoms with Crippen molar-refractivity contribution < 1.29 is 4.39 Å². The topological polar surface area (TPSA) is 19.4 Å². The fourth-order valence-electron chi connectivity index (χ4n) is 3.34. The number of anilines is 2. The lowest BCUT2D eigenvalue weighted by atomic mass is 10.0. The predicted molar refractivity (Wildman–Crippen MR) is 99.4 cm³/mol. The quantitative estimate of drug-likeness (QED) is 0.690. The third-order valence-electron chi connectivity index (χ3n) is 4.60. The van der Waals surface area contributed by atoms with Crippen molar-refractivity contribution in [1.29, 1.82) is 0 Å². The zero-order valence-corrected chi connectivity index (χ0v) is 14.2. The summed E-state index contributed by atoms with van der Waals surface area (Å²) >= 11 is 0. The van der Waals surface area contributed by atoms with E-state index < -0.39 is 0 Å². The number of hydrogen-bond acceptors (Lipinski definition) is 3. The SMILES string of the molecule is CN1CCN(c2cccc(F)c2)c2ccc(-c3ccccn3)cc2C1. The van der Waals surface area contributed by atoms with E-state index in [1.165, 1.54) is 11.6 Å². The number of pyridine rings is 1. The fourth-order valence-corrected chi connectivity index (χ4v) is 3.34. The van der Waals surface area contributed by atoms with Crippen LogP contribution in [0.5, 0.6) is 0 Å². The molecule has 0 bridgehead atoms. The van der Waals surface area contributed by atoms with Gasteiger partial charge in [0.25, 0.3) is 0 Å². The lowest BCUT2D eigenvalue weighted by Gasteiger charge is -2.25. The highest BCUT2D eigenvalue weighted by molar-refractivity contribution is 5.72. The molecule has 0 aliphatic carbocycles. The number of likely N-dealkylation sites (N-methyl/N-ethyl adjacent to an activating group) is 1. The van der Waals surface area contributed by atoms with E-state index in [-0.39, 0.29) is 5.82 Å². The molecule has 3 nitrogen and oxygen atoms in total. The average molecular weight is 333 g/mol. The first-order valence-electron chi connectivity index (χ1n) is 8.47. The first-order valence-corrected chi connectivity index (χ1v) is 8.47. The molecule has 0 radical (unpaired) electrons. The standard InChI is InChI=1S/C21H20FN3/c1-24-11-12-25(19-6-4-5-18(22)14-19)21-9-8-16(13-17(21)15-24)20-7-2-3-10-23-20/h2-10,13-14H,11-12,15H2,1H3. The van der Waals surface area contributed by atoms with E-state index in [4.69, 9.17) is 0 Å². The van der Waals surface area contributed by atoms with Crippen LogP contribution in [0.15, 0.2) is 66.9 Å². The van der Waals surface area contributed by atoms with Gasteiger partial charge >= 0.3 is 0 Å². The van der Waals surface area contributed by atoms with Crippen LogP contribution in [0.2, 0.25) is 0 Å². The minimum atomic E-state index is -0.207. The summed E-state index contributed by atoms with van der Waals surface area (Å²) in [4.78, 5) is 8.94. The molecule has 0 saturated carbocycles. The second kappa shape index (κ2) is 6.65. The maximum Gasteiger partial charge on any atom is 0.125 e. The summed E-state index contributed by atoms with van der Waals surface area (Å²) < 4.78 is 13.7. The van der Waals surface area contributed by atoms with E-state index >= 15 is 0 Å². The van der Waals surface area contributed by atoms with Crippen LogP contribution in [0.25, 0.3) is 11.3 Å². The van der Waals surface area contributed by atoms with Crippen LogP contribution in [0.1, 0.15) is 5.56 Å². The van der Waals surface area contributed by atoms with Gasteiger partial charge in [-0.25, -0.2) is 4.39 Å². The van der Waals surface area contributed by atoms with Crippen LogP contribution in [-0.4, -0.2) is 30.0 Å². The van der Waals surface area contributed by atoms with Crippen molar-refractivity contribution in [3.8, 4) is 11.3 Å². The second-order valence-electron chi connectivity index (χ2n) is 6.43. The Morgan fingerprint density at radius 2 is 1.88 bits per heavy atom. The summed E-state index contributed by atoms with van der Waals surface area (Å²) in [5, 5.41) is 0. The van der Waals surface area contributed by atoms with Crippen LogP contribution < -0.4 is 4.90 Å². The van der Waals surface area contributed by atoms with Gasteiger partial charge in [0.05, 0.1) is 5.69 Å². The van der Waals surface area contributed by atoms with Gasteiger partial charge in [-0.15, -0.1) is 0 Å². The number of fused-ring (bicyclic) bond motifs is 1. The molecule has 2 heterocycles. The molecule has 0 fully saturated rings. The molecule has 3 aromatic rings. The minimum absolute atomic E-state index is 0.207. The first-order chi connectivity index (χ1) is 12.2. The zero-order chi connectivity index (χ0) is 17.2. The van der Waals surface area contributed by atoms with Gasteiger partial charge in [0.1, 0.15) is 5.82 Å². The van der Waals surface area contributed by atoms with Crippen molar-refractivity contribution in [3.63, 3.8) is 0 Å². The Balaban J connectivity index is 1.79. The van der Waals surface area contributed by atoms with E-state index in [1.54, 1.807) is 12.1 Å². The van der Waals surface area contributed by atoms with Crippen molar-refractivity contribution in [2.24, 2.45) is 0 Å². The molecule has 4 heteroatoms. The van der Waals surface area contributed by atoms with Gasteiger partial charge < -0.3 is 9.80 Å². The van der Waals surface area contributed by atoms with Gasteiger partial charge in [0.15, 0.2) is 0 Å². The van der Waals surface area contributed by atoms with E-state index in [1.807, 2.05) is 30.5 Å². The van der Waals surface area contributed by atoms with Gasteiger partial charge in [-0.05, 0) is 55.1 Å². The number of hydrogen-bond donors (Lipinski definition) is 0. The maximum absolute atomic E-state index is 13.7. The monoisotopic (exact) mass is 333 g/mol. The largest absolute Gasteiger partial charge is 0.340 e. The Morgan fingerprint density at radius 3 is 2.68 bits per heavy atom. The normalized spacial score (nSPS) is 14.9. The van der Waals surface area contributed by atoms with Gasteiger partial charge in [0.2, 0.25) is 0 Å². The highest BCUT2D eigenvalue weighted by atomic mass is 19.1. The van der Waals surface area contributed by atoms with Crippen LogP contribution in [0.3, 0.4) is 0 Å². The molecule has 0 spiro atoms. The van der Waals surface area contributed by atoms with Gasteiger partial charge in [0, 0.05) is 42.8 Å². The Labute approximate surface area is 147 Å². The van der Waals surface area contributed by atoms with Crippen LogP contribution in [0, 0.1) is 5.82 Å². The summed E-state index contributed by atoms with van der Waals surface area (Å²) in [6, 6.07) is 19.2. The van der Waals surface area contributed by atoms with Crippen LogP contribution in [0.4, 0.5) is 15.8 Å². The third kappa shape index (κ3) is 3.26. The summed E-state index contributed by atoms with van der Waals surface area (Å²) in [5.41, 5.74) is 5.33. The van der Waals surface area contributed by atoms with Crippen molar-refractivity contribution in [2.75, 3.05) is 25.0 Å². The van der Waals surface area contributed by atoms with Crippen molar-refractivity contribution in [3.05, 3.63) is 78.2 Å². The Morgan fingerprint density at radius 1 is 0.960 bits per heavy atom. The number of benzene rings is 2. The predicted octanol–water partition coefficient (Wildman–Crippen LogP) is 4.47. The highest BCUT2D eigenvalue weighted by Crippen LogP contribution is 2.34. The number of nitrogens with zero attached hydrogens (tertiary/aromatic N) is 3. The first kappa shape index (κ1) is 15.8. The second-order valence-corrected chi connectivity index (χ2v) is 6.43. The van der Waals surface area contributed by atoms with Crippen LogP contribution in [-0.2, 0) is 6.54 Å². The Hall–Kier alpha value is -2.72. The highest BCUT2D eigenvalue weighted by Gasteiger charge is 2.20. The number of aromatic nitrogens is 1. The van der Waals surface area contributed by atoms with Crippen LogP contribution >= 0.6 is 0 Å². The van der Waals surface area contributed by atoms with Crippen molar-refractivity contribution in [2.45, 2.75) is 6.54 Å². The molecular formula is C21H20FN3. The Bertz CT molecular complexity index is 879. The number of rotatable bonds is 2. The summed E-state index contributed by atoms with van der Waals surface area (Å²) in [6.45, 7) is 2.61. The molecule has 4 rings (SSSR count). The van der Waals surface area contributed by atoms with Gasteiger partial charge in [-0.3, -0.25) is 4.98 Å². The molecule has 1 aliphatic rings. The summed E-state index contributed by atoms with van der Waals surface area (Å²) in [7, 11) is 2.12. The summed E-state index contributed by atoms with van der Waals surface area (Å²) in [6.07, 6.45) is 1.81. The lowest BCUT2D eigenvalue weighted by Crippen LogP contribution is -2.26. The molecule has 0 atom stereocenters. The minimum Gasteiger partial charge on any atom is -0.340 e. The number of halogens is 1. The van der Waals surface area contributed by atoms with Crippen molar-refractivity contribution >= 4 is 11.4 Å². The molecule has 0 N–H and O–H groups in total. The molecule has 2 aromatic carbocycles. The molecule has 25 heavy (non-hydrogen) atoms. The fraction of sp³-hybridized carbons (Fsp3) is 0.190. The molecule has 0 saturated heterocycles. The molecule has 1 aromatic heterocycles.